The van der Waals surface area contributed by atoms with Crippen molar-refractivity contribution >= 4 is 17.8 Å². The molecule has 7 heteroatoms. The van der Waals surface area contributed by atoms with Crippen molar-refractivity contribution in [3.63, 3.8) is 0 Å². The van der Waals surface area contributed by atoms with Gasteiger partial charge in [-0.2, -0.15) is 0 Å². The zero-order valence-corrected chi connectivity index (χ0v) is 13.1. The van der Waals surface area contributed by atoms with E-state index in [0.717, 1.165) is 0 Å². The lowest BCUT2D eigenvalue weighted by atomic mass is 10.2. The second-order valence-electron chi connectivity index (χ2n) is 5.80. The Hall–Kier alpha value is -2.44. The number of aromatic nitrogens is 1. The summed E-state index contributed by atoms with van der Waals surface area (Å²) in [6.45, 7) is 5.45. The number of carbonyl (C=O) groups is 3. The lowest BCUT2D eigenvalue weighted by Crippen LogP contribution is -2.32. The van der Waals surface area contributed by atoms with Crippen LogP contribution in [0.15, 0.2) is 18.3 Å². The number of nitrogens with zero attached hydrogens (tertiary/aromatic N) is 2. The monoisotopic (exact) mass is 308 g/mol. The molecule has 0 bridgehead atoms. The fourth-order valence-corrected chi connectivity index (χ4v) is 1.63. The van der Waals surface area contributed by atoms with Crippen LogP contribution >= 0.6 is 0 Å². The molecular formula is C15H20N2O5. The fourth-order valence-electron chi connectivity index (χ4n) is 1.63. The van der Waals surface area contributed by atoms with E-state index in [1.807, 2.05) is 0 Å². The van der Waals surface area contributed by atoms with Gasteiger partial charge >= 0.3 is 11.9 Å². The third-order valence-corrected chi connectivity index (χ3v) is 2.64. The first kappa shape index (κ1) is 17.6. The van der Waals surface area contributed by atoms with Crippen LogP contribution in [0.25, 0.3) is 0 Å². The van der Waals surface area contributed by atoms with Crippen molar-refractivity contribution in [3.05, 3.63) is 29.6 Å². The average molecular weight is 308 g/mol. The normalized spacial score (nSPS) is 10.9. The summed E-state index contributed by atoms with van der Waals surface area (Å²) in [4.78, 5) is 39.8. The van der Waals surface area contributed by atoms with Crippen molar-refractivity contribution in [1.29, 1.82) is 0 Å². The molecule has 0 unspecified atom stereocenters. The van der Waals surface area contributed by atoms with Gasteiger partial charge in [0.15, 0.2) is 0 Å². The van der Waals surface area contributed by atoms with E-state index in [9.17, 15) is 14.4 Å². The predicted molar refractivity (Wildman–Crippen MR) is 78.6 cm³/mol. The maximum absolute atomic E-state index is 12.1. The number of hydrogen-bond donors (Lipinski definition) is 1. The zero-order valence-electron chi connectivity index (χ0n) is 13.1. The van der Waals surface area contributed by atoms with Gasteiger partial charge in [-0.25, -0.2) is 4.79 Å². The van der Waals surface area contributed by atoms with Crippen LogP contribution in [0.2, 0.25) is 0 Å². The third kappa shape index (κ3) is 5.51. The van der Waals surface area contributed by atoms with Crippen LogP contribution in [0.3, 0.4) is 0 Å². The summed E-state index contributed by atoms with van der Waals surface area (Å²) in [5, 5.41) is 8.90. The van der Waals surface area contributed by atoms with Gasteiger partial charge in [0, 0.05) is 19.8 Å². The summed E-state index contributed by atoms with van der Waals surface area (Å²) in [6, 6.07) is 2.51. The Morgan fingerprint density at radius 2 is 1.95 bits per heavy atom. The van der Waals surface area contributed by atoms with Crippen molar-refractivity contribution in [1.82, 2.24) is 9.88 Å². The van der Waals surface area contributed by atoms with Crippen LogP contribution in [0, 0.1) is 0 Å². The molecule has 0 aliphatic rings. The van der Waals surface area contributed by atoms with Gasteiger partial charge in [-0.05, 0) is 32.9 Å². The second-order valence-corrected chi connectivity index (χ2v) is 5.80. The van der Waals surface area contributed by atoms with Crippen molar-refractivity contribution < 1.29 is 24.2 Å². The van der Waals surface area contributed by atoms with Gasteiger partial charge < -0.3 is 14.7 Å². The van der Waals surface area contributed by atoms with E-state index in [1.54, 1.807) is 20.8 Å². The van der Waals surface area contributed by atoms with E-state index in [2.05, 4.69) is 4.98 Å². The summed E-state index contributed by atoms with van der Waals surface area (Å²) in [7, 11) is 1.52. The second kappa shape index (κ2) is 7.02. The number of rotatable bonds is 5. The lowest BCUT2D eigenvalue weighted by molar-refractivity contribution is -0.154. The quantitative estimate of drug-likeness (QED) is 0.830. The van der Waals surface area contributed by atoms with Gasteiger partial charge in [0.05, 0.1) is 12.0 Å². The van der Waals surface area contributed by atoms with Crippen LogP contribution in [0.1, 0.15) is 48.0 Å². The number of hydrogen-bond acceptors (Lipinski definition) is 5. The van der Waals surface area contributed by atoms with Gasteiger partial charge in [0.2, 0.25) is 0 Å². The van der Waals surface area contributed by atoms with Gasteiger partial charge in [-0.1, -0.05) is 0 Å². The molecule has 120 valence electrons. The molecule has 22 heavy (non-hydrogen) atoms. The smallest absolute Gasteiger partial charge is 0.335 e. The van der Waals surface area contributed by atoms with Crippen molar-refractivity contribution in [2.45, 2.75) is 32.8 Å². The summed E-state index contributed by atoms with van der Waals surface area (Å²) in [6.07, 6.45) is 1.32. The van der Waals surface area contributed by atoms with E-state index in [4.69, 9.17) is 9.84 Å². The first-order valence-electron chi connectivity index (χ1n) is 6.77. The van der Waals surface area contributed by atoms with Crippen molar-refractivity contribution in [3.8, 4) is 0 Å². The Labute approximate surface area is 128 Å². The number of ether oxygens (including phenoxy) is 1. The van der Waals surface area contributed by atoms with E-state index in [-0.39, 0.29) is 24.2 Å². The number of pyridine rings is 1. The highest BCUT2D eigenvalue weighted by Crippen LogP contribution is 2.09. The number of esters is 1. The summed E-state index contributed by atoms with van der Waals surface area (Å²) >= 11 is 0. The minimum atomic E-state index is -1.13. The van der Waals surface area contributed by atoms with Gasteiger partial charge in [-0.15, -0.1) is 0 Å². The number of amides is 1. The molecule has 1 amide bonds. The molecule has 0 aliphatic heterocycles. The minimum Gasteiger partial charge on any atom is -0.478 e. The Balaban J connectivity index is 2.64. The molecule has 0 aromatic carbocycles. The topological polar surface area (TPSA) is 96.8 Å². The molecular weight excluding hydrogens is 288 g/mol. The highest BCUT2D eigenvalue weighted by atomic mass is 16.6. The predicted octanol–water partition coefficient (Wildman–Crippen LogP) is 1.58. The first-order chi connectivity index (χ1) is 10.1. The molecule has 0 saturated carbocycles. The van der Waals surface area contributed by atoms with Gasteiger partial charge in [0.1, 0.15) is 11.3 Å². The maximum atomic E-state index is 12.1. The van der Waals surface area contributed by atoms with Crippen LogP contribution in [0.5, 0.6) is 0 Å². The molecule has 1 heterocycles. The standard InChI is InChI=1S/C15H20N2O5/c1-15(2,3)22-12(18)6-8-17(4)13(19)11-9-10(14(20)21)5-7-16-11/h5,7,9H,6,8H2,1-4H3,(H,20,21). The maximum Gasteiger partial charge on any atom is 0.335 e. The largest absolute Gasteiger partial charge is 0.478 e. The Kier molecular flexibility index (Phi) is 5.62. The van der Waals surface area contributed by atoms with Crippen LogP contribution in [-0.4, -0.2) is 52.0 Å². The summed E-state index contributed by atoms with van der Waals surface area (Å²) in [5.74, 6) is -1.99. The molecule has 1 aromatic heterocycles. The van der Waals surface area contributed by atoms with Crippen LogP contribution in [-0.2, 0) is 9.53 Å². The minimum absolute atomic E-state index is 0.0149. The lowest BCUT2D eigenvalue weighted by Gasteiger charge is -2.21. The molecule has 0 spiro atoms. The molecule has 0 aliphatic carbocycles. The molecule has 0 radical (unpaired) electrons. The molecule has 0 atom stereocenters. The molecule has 1 aromatic rings. The Morgan fingerprint density at radius 1 is 1.32 bits per heavy atom. The Bertz CT molecular complexity index is 578. The summed E-state index contributed by atoms with van der Waals surface area (Å²) < 4.78 is 5.15. The highest BCUT2D eigenvalue weighted by Gasteiger charge is 2.19. The number of carboxylic acids is 1. The SMILES string of the molecule is CN(CCC(=O)OC(C)(C)C)C(=O)c1cc(C(=O)O)ccn1. The highest BCUT2D eigenvalue weighted by molar-refractivity contribution is 5.95. The number of aromatic carboxylic acids is 1. The molecule has 7 nitrogen and oxygen atoms in total. The third-order valence-electron chi connectivity index (χ3n) is 2.64. The van der Waals surface area contributed by atoms with Gasteiger partial charge in [-0.3, -0.25) is 14.6 Å². The summed E-state index contributed by atoms with van der Waals surface area (Å²) in [5.41, 5.74) is -0.567. The van der Waals surface area contributed by atoms with Gasteiger partial charge in [0.25, 0.3) is 5.91 Å². The first-order valence-corrected chi connectivity index (χ1v) is 6.77. The number of carbonyl (C=O) groups excluding carboxylic acids is 2. The van der Waals surface area contributed by atoms with Crippen LogP contribution in [0.4, 0.5) is 0 Å². The van der Waals surface area contributed by atoms with E-state index < -0.39 is 23.4 Å². The van der Waals surface area contributed by atoms with Crippen molar-refractivity contribution in [2.75, 3.05) is 13.6 Å². The van der Waals surface area contributed by atoms with E-state index >= 15 is 0 Å². The molecule has 1 N–H and O–H groups in total. The zero-order chi connectivity index (χ0) is 16.9. The molecule has 1 rings (SSSR count). The molecule has 0 fully saturated rings. The number of carboxylic acid groups (broad SMARTS) is 1. The fraction of sp³-hybridized carbons (Fsp3) is 0.467. The van der Waals surface area contributed by atoms with E-state index in [0.29, 0.717) is 0 Å². The van der Waals surface area contributed by atoms with E-state index in [1.165, 1.54) is 30.3 Å². The average Bonchev–Trinajstić information content (AvgIpc) is 2.42. The molecule has 0 saturated heterocycles. The van der Waals surface area contributed by atoms with Crippen molar-refractivity contribution in [2.24, 2.45) is 0 Å². The van der Waals surface area contributed by atoms with Crippen LogP contribution < -0.4 is 0 Å². The Morgan fingerprint density at radius 3 is 2.50 bits per heavy atom.